The van der Waals surface area contributed by atoms with Gasteiger partial charge in [0.2, 0.25) is 10.0 Å². The van der Waals surface area contributed by atoms with Crippen molar-refractivity contribution >= 4 is 15.7 Å². The molecule has 1 aliphatic carbocycles. The lowest BCUT2D eigenvalue weighted by molar-refractivity contribution is 0.414. The second kappa shape index (κ2) is 4.68. The van der Waals surface area contributed by atoms with Crippen LogP contribution in [0.1, 0.15) is 20.3 Å². The third kappa shape index (κ3) is 3.01. The number of hydrogen-bond donors (Lipinski definition) is 2. The first-order chi connectivity index (χ1) is 8.76. The van der Waals surface area contributed by atoms with Crippen LogP contribution in [-0.4, -0.2) is 22.1 Å². The summed E-state index contributed by atoms with van der Waals surface area (Å²) in [5, 5.41) is 0. The highest BCUT2D eigenvalue weighted by molar-refractivity contribution is 7.89. The van der Waals surface area contributed by atoms with Crippen LogP contribution in [0.15, 0.2) is 23.1 Å². The standard InChI is InChI=1S/C13H20N2O3S/c1-13(2)7-9(13)8-15-19(16,17)12-5-4-10(18-3)6-11(12)14/h4-6,9,15H,7-8,14H2,1-3H3. The van der Waals surface area contributed by atoms with Crippen molar-refractivity contribution in [3.05, 3.63) is 18.2 Å². The highest BCUT2D eigenvalue weighted by Gasteiger charge is 2.45. The third-order valence-corrected chi connectivity index (χ3v) is 5.24. The van der Waals surface area contributed by atoms with Gasteiger partial charge in [0.05, 0.1) is 12.8 Å². The molecule has 1 fully saturated rings. The Labute approximate surface area is 114 Å². The molecule has 1 aromatic rings. The third-order valence-electron chi connectivity index (χ3n) is 3.74. The molecule has 0 heterocycles. The van der Waals surface area contributed by atoms with Crippen molar-refractivity contribution in [2.45, 2.75) is 25.2 Å². The number of benzene rings is 1. The number of methoxy groups -OCH3 is 1. The predicted molar refractivity (Wildman–Crippen MR) is 74.5 cm³/mol. The summed E-state index contributed by atoms with van der Waals surface area (Å²) in [6.07, 6.45) is 1.05. The Morgan fingerprint density at radius 1 is 1.47 bits per heavy atom. The van der Waals surface area contributed by atoms with Gasteiger partial charge < -0.3 is 10.5 Å². The maximum atomic E-state index is 12.2. The van der Waals surface area contributed by atoms with Crippen molar-refractivity contribution in [3.63, 3.8) is 0 Å². The molecule has 1 aromatic carbocycles. The molecule has 0 aromatic heterocycles. The summed E-state index contributed by atoms with van der Waals surface area (Å²) in [5.74, 6) is 0.946. The Kier molecular flexibility index (Phi) is 3.49. The zero-order valence-electron chi connectivity index (χ0n) is 11.4. The predicted octanol–water partition coefficient (Wildman–Crippen LogP) is 1.60. The van der Waals surface area contributed by atoms with E-state index in [1.807, 2.05) is 0 Å². The van der Waals surface area contributed by atoms with Crippen LogP contribution in [0.2, 0.25) is 0 Å². The monoisotopic (exact) mass is 284 g/mol. The zero-order chi connectivity index (χ0) is 14.3. The summed E-state index contributed by atoms with van der Waals surface area (Å²) < 4.78 is 32.0. The van der Waals surface area contributed by atoms with Gasteiger partial charge in [-0.3, -0.25) is 0 Å². The number of nitrogens with one attached hydrogen (secondary N) is 1. The number of anilines is 1. The largest absolute Gasteiger partial charge is 0.497 e. The highest BCUT2D eigenvalue weighted by Crippen LogP contribution is 2.51. The summed E-state index contributed by atoms with van der Waals surface area (Å²) in [7, 11) is -2.04. The van der Waals surface area contributed by atoms with Gasteiger partial charge >= 0.3 is 0 Å². The van der Waals surface area contributed by atoms with Crippen LogP contribution in [-0.2, 0) is 10.0 Å². The second-order valence-electron chi connectivity index (χ2n) is 5.65. The summed E-state index contributed by atoms with van der Waals surface area (Å²) in [6.45, 7) is 4.72. The van der Waals surface area contributed by atoms with E-state index in [0.29, 0.717) is 18.2 Å². The molecule has 1 aliphatic rings. The van der Waals surface area contributed by atoms with E-state index in [-0.39, 0.29) is 16.0 Å². The van der Waals surface area contributed by atoms with E-state index >= 15 is 0 Å². The molecule has 1 saturated carbocycles. The van der Waals surface area contributed by atoms with Gasteiger partial charge in [-0.2, -0.15) is 0 Å². The molecule has 0 aliphatic heterocycles. The van der Waals surface area contributed by atoms with Gasteiger partial charge in [0, 0.05) is 12.6 Å². The minimum absolute atomic E-state index is 0.103. The fraction of sp³-hybridized carbons (Fsp3) is 0.538. The van der Waals surface area contributed by atoms with Gasteiger partial charge in [0.1, 0.15) is 10.6 Å². The fourth-order valence-electron chi connectivity index (χ4n) is 2.11. The van der Waals surface area contributed by atoms with Crippen LogP contribution in [0.5, 0.6) is 5.75 Å². The minimum Gasteiger partial charge on any atom is -0.497 e. The maximum Gasteiger partial charge on any atom is 0.242 e. The van der Waals surface area contributed by atoms with E-state index in [2.05, 4.69) is 18.6 Å². The number of nitrogens with two attached hydrogens (primary N) is 1. The normalized spacial score (nSPS) is 21.1. The van der Waals surface area contributed by atoms with Crippen LogP contribution < -0.4 is 15.2 Å². The molecule has 0 radical (unpaired) electrons. The van der Waals surface area contributed by atoms with Crippen molar-refractivity contribution in [2.75, 3.05) is 19.4 Å². The lowest BCUT2D eigenvalue weighted by atomic mass is 10.1. The molecule has 0 spiro atoms. The first-order valence-corrected chi connectivity index (χ1v) is 7.68. The molecule has 0 bridgehead atoms. The molecular weight excluding hydrogens is 264 g/mol. The van der Waals surface area contributed by atoms with Crippen LogP contribution in [0, 0.1) is 11.3 Å². The first-order valence-electron chi connectivity index (χ1n) is 6.19. The number of rotatable bonds is 5. The average Bonchev–Trinajstić information content (AvgIpc) is 2.94. The molecule has 3 N–H and O–H groups in total. The SMILES string of the molecule is COc1ccc(S(=O)(=O)NCC2CC2(C)C)c(N)c1. The van der Waals surface area contributed by atoms with Crippen molar-refractivity contribution < 1.29 is 13.2 Å². The summed E-state index contributed by atoms with van der Waals surface area (Å²) >= 11 is 0. The van der Waals surface area contributed by atoms with E-state index in [1.165, 1.54) is 19.2 Å². The summed E-state index contributed by atoms with van der Waals surface area (Å²) in [4.78, 5) is 0.103. The van der Waals surface area contributed by atoms with Gasteiger partial charge in [0.15, 0.2) is 0 Å². The van der Waals surface area contributed by atoms with E-state index in [0.717, 1.165) is 6.42 Å². The molecule has 1 atom stereocenters. The van der Waals surface area contributed by atoms with Crippen LogP contribution in [0.3, 0.4) is 0 Å². The van der Waals surface area contributed by atoms with Gasteiger partial charge in [-0.15, -0.1) is 0 Å². The van der Waals surface area contributed by atoms with Crippen LogP contribution in [0.25, 0.3) is 0 Å². The lowest BCUT2D eigenvalue weighted by Crippen LogP contribution is -2.27. The molecule has 106 valence electrons. The molecule has 2 rings (SSSR count). The zero-order valence-corrected chi connectivity index (χ0v) is 12.3. The number of sulfonamides is 1. The van der Waals surface area contributed by atoms with Gasteiger partial charge in [-0.05, 0) is 29.9 Å². The first kappa shape index (κ1) is 14.1. The van der Waals surface area contributed by atoms with Crippen molar-refractivity contribution in [1.82, 2.24) is 4.72 Å². The summed E-state index contributed by atoms with van der Waals surface area (Å²) in [5.41, 5.74) is 6.20. The Bertz CT molecular complexity index is 582. The van der Waals surface area contributed by atoms with E-state index in [1.54, 1.807) is 6.07 Å². The minimum atomic E-state index is -3.55. The lowest BCUT2D eigenvalue weighted by Gasteiger charge is -2.11. The Morgan fingerprint density at radius 3 is 2.58 bits per heavy atom. The molecular formula is C13H20N2O3S. The molecule has 19 heavy (non-hydrogen) atoms. The Balaban J connectivity index is 2.11. The van der Waals surface area contributed by atoms with Crippen LogP contribution in [0.4, 0.5) is 5.69 Å². The van der Waals surface area contributed by atoms with E-state index in [4.69, 9.17) is 10.5 Å². The van der Waals surface area contributed by atoms with Crippen molar-refractivity contribution in [2.24, 2.45) is 11.3 Å². The molecule has 6 heteroatoms. The molecule has 1 unspecified atom stereocenters. The van der Waals surface area contributed by atoms with Gasteiger partial charge in [-0.1, -0.05) is 13.8 Å². The fourth-order valence-corrected chi connectivity index (χ4v) is 3.30. The molecule has 0 saturated heterocycles. The topological polar surface area (TPSA) is 81.4 Å². The summed E-state index contributed by atoms with van der Waals surface area (Å²) in [6, 6.07) is 4.57. The maximum absolute atomic E-state index is 12.2. The van der Waals surface area contributed by atoms with E-state index < -0.39 is 10.0 Å². The highest BCUT2D eigenvalue weighted by atomic mass is 32.2. The smallest absolute Gasteiger partial charge is 0.242 e. The Hall–Kier alpha value is -1.27. The van der Waals surface area contributed by atoms with Gasteiger partial charge in [-0.25, -0.2) is 13.1 Å². The molecule has 5 nitrogen and oxygen atoms in total. The molecule has 0 amide bonds. The Morgan fingerprint density at radius 2 is 2.11 bits per heavy atom. The van der Waals surface area contributed by atoms with Crippen molar-refractivity contribution in [1.29, 1.82) is 0 Å². The second-order valence-corrected chi connectivity index (χ2v) is 7.38. The number of ether oxygens (including phenoxy) is 1. The van der Waals surface area contributed by atoms with Crippen molar-refractivity contribution in [3.8, 4) is 5.75 Å². The quantitative estimate of drug-likeness (QED) is 0.805. The number of nitrogen functional groups attached to an aromatic ring is 1. The average molecular weight is 284 g/mol. The number of hydrogen-bond acceptors (Lipinski definition) is 4. The van der Waals surface area contributed by atoms with E-state index in [9.17, 15) is 8.42 Å². The van der Waals surface area contributed by atoms with Crippen LogP contribution >= 0.6 is 0 Å². The van der Waals surface area contributed by atoms with Gasteiger partial charge in [0.25, 0.3) is 0 Å².